The lowest BCUT2D eigenvalue weighted by Crippen LogP contribution is -2.42. The number of rotatable bonds is 10. The third-order valence-corrected chi connectivity index (χ3v) is 3.87. The highest BCUT2D eigenvalue weighted by Gasteiger charge is 2.23. The Kier molecular flexibility index (Phi) is 9.34. The van der Waals surface area contributed by atoms with Crippen LogP contribution >= 0.6 is 0 Å². The quantitative estimate of drug-likeness (QED) is 0.212. The molecule has 1 rings (SSSR count). The predicted octanol–water partition coefficient (Wildman–Crippen LogP) is 0.879. The number of hydrogen-bond acceptors (Lipinski definition) is 8. The number of anilines is 1. The summed E-state index contributed by atoms with van der Waals surface area (Å²) in [6, 6.07) is 4.08. The van der Waals surface area contributed by atoms with E-state index in [1.807, 2.05) is 0 Å². The van der Waals surface area contributed by atoms with E-state index in [1.165, 1.54) is 6.07 Å². The van der Waals surface area contributed by atoms with Crippen LogP contribution in [0.5, 0.6) is 5.75 Å². The summed E-state index contributed by atoms with van der Waals surface area (Å²) in [5, 5.41) is 30.5. The second-order valence-electron chi connectivity index (χ2n) is 7.83. The molecule has 1 aromatic rings. The maximum atomic E-state index is 12.2. The molecule has 0 radical (unpaired) electrons. The molecular weight excluding hydrogens is 396 g/mol. The largest absolute Gasteiger partial charge is 0.506 e. The van der Waals surface area contributed by atoms with Crippen molar-refractivity contribution in [3.63, 3.8) is 0 Å². The first-order chi connectivity index (χ1) is 13.9. The maximum absolute atomic E-state index is 12.2. The van der Waals surface area contributed by atoms with Crippen molar-refractivity contribution < 1.29 is 34.4 Å². The van der Waals surface area contributed by atoms with Gasteiger partial charge in [0.05, 0.1) is 11.6 Å². The minimum absolute atomic E-state index is 0.111. The number of hydrazine groups is 2. The van der Waals surface area contributed by atoms with Crippen LogP contribution in [0.1, 0.15) is 39.7 Å². The van der Waals surface area contributed by atoms with Crippen molar-refractivity contribution in [2.24, 2.45) is 5.92 Å². The number of carboxylic acid groups (broad SMARTS) is 1. The second-order valence-corrected chi connectivity index (χ2v) is 7.83. The number of aliphatic hydroxyl groups excluding tert-OH is 1. The number of carboxylic acids is 1. The van der Waals surface area contributed by atoms with Gasteiger partial charge in [-0.3, -0.25) is 15.0 Å². The number of alkyl carbamates (subject to hydrolysis) is 1. The predicted molar refractivity (Wildman–Crippen MR) is 108 cm³/mol. The van der Waals surface area contributed by atoms with Gasteiger partial charge in [-0.15, -0.1) is 5.53 Å². The molecule has 0 saturated heterocycles. The van der Waals surface area contributed by atoms with E-state index in [9.17, 15) is 24.6 Å². The van der Waals surface area contributed by atoms with Gasteiger partial charge in [0.15, 0.2) is 0 Å². The van der Waals surface area contributed by atoms with Crippen molar-refractivity contribution in [1.29, 1.82) is 0 Å². The molecule has 168 valence electrons. The first kappa shape index (κ1) is 25.0. The van der Waals surface area contributed by atoms with Gasteiger partial charge in [-0.1, -0.05) is 13.0 Å². The molecule has 0 unspecified atom stereocenters. The van der Waals surface area contributed by atoms with Crippen LogP contribution in [0.2, 0.25) is 0 Å². The third-order valence-electron chi connectivity index (χ3n) is 3.87. The molecule has 11 heteroatoms. The van der Waals surface area contributed by atoms with Crippen LogP contribution in [-0.2, 0) is 20.7 Å². The van der Waals surface area contributed by atoms with E-state index in [0.29, 0.717) is 5.56 Å². The number of amides is 2. The van der Waals surface area contributed by atoms with E-state index in [2.05, 4.69) is 21.7 Å². The number of benzene rings is 1. The number of aliphatic carboxylic acids is 1. The van der Waals surface area contributed by atoms with E-state index in [0.717, 1.165) is 0 Å². The Morgan fingerprint density at radius 2 is 1.87 bits per heavy atom. The van der Waals surface area contributed by atoms with Gasteiger partial charge < -0.3 is 30.8 Å². The van der Waals surface area contributed by atoms with Gasteiger partial charge in [0.1, 0.15) is 18.0 Å². The van der Waals surface area contributed by atoms with E-state index < -0.39 is 42.1 Å². The number of phenolic OH excluding ortho intramolecular Hbond substituents is 1. The monoisotopic (exact) mass is 426 g/mol. The van der Waals surface area contributed by atoms with E-state index >= 15 is 0 Å². The second kappa shape index (κ2) is 11.2. The highest BCUT2D eigenvalue weighted by Crippen LogP contribution is 2.25. The Morgan fingerprint density at radius 3 is 2.43 bits per heavy atom. The molecule has 0 aliphatic carbocycles. The molecule has 0 fully saturated rings. The number of carbonyl (C=O) groups excluding carboxylic acids is 2. The fourth-order valence-corrected chi connectivity index (χ4v) is 2.50. The minimum atomic E-state index is -0.983. The van der Waals surface area contributed by atoms with Crippen molar-refractivity contribution in [1.82, 2.24) is 16.3 Å². The summed E-state index contributed by atoms with van der Waals surface area (Å²) < 4.78 is 5.26. The molecule has 0 aromatic heterocycles. The van der Waals surface area contributed by atoms with Gasteiger partial charge in [-0.2, -0.15) is 0 Å². The lowest BCUT2D eigenvalue weighted by Gasteiger charge is -2.25. The maximum Gasteiger partial charge on any atom is 0.407 e. The van der Waals surface area contributed by atoms with Gasteiger partial charge in [-0.25, -0.2) is 4.79 Å². The van der Waals surface area contributed by atoms with Crippen LogP contribution < -0.4 is 21.7 Å². The van der Waals surface area contributed by atoms with Crippen molar-refractivity contribution in [2.45, 2.75) is 52.2 Å². The molecule has 30 heavy (non-hydrogen) atoms. The van der Waals surface area contributed by atoms with Crippen LogP contribution in [0.4, 0.5) is 10.5 Å². The van der Waals surface area contributed by atoms with Crippen molar-refractivity contribution >= 4 is 23.7 Å². The molecule has 2 atom stereocenters. The molecule has 0 bridgehead atoms. The van der Waals surface area contributed by atoms with Crippen LogP contribution in [0.25, 0.3) is 0 Å². The van der Waals surface area contributed by atoms with Gasteiger partial charge in [-0.05, 0) is 51.3 Å². The molecule has 1 aromatic carbocycles. The molecule has 2 amide bonds. The first-order valence-electron chi connectivity index (χ1n) is 9.36. The molecule has 0 saturated carbocycles. The van der Waals surface area contributed by atoms with Crippen molar-refractivity contribution in [3.8, 4) is 5.75 Å². The molecular formula is C19H30N4O7. The van der Waals surface area contributed by atoms with Crippen molar-refractivity contribution in [3.05, 3.63) is 23.8 Å². The molecule has 7 N–H and O–H groups in total. The van der Waals surface area contributed by atoms with E-state index in [1.54, 1.807) is 39.8 Å². The molecule has 0 aliphatic rings. The summed E-state index contributed by atoms with van der Waals surface area (Å²) in [6.07, 6.45) is -0.215. The first-order valence-corrected chi connectivity index (χ1v) is 9.36. The van der Waals surface area contributed by atoms with Crippen LogP contribution in [0.3, 0.4) is 0 Å². The number of phenols is 1. The SMILES string of the molecule is C[C@@H](C[C@H](Cc1ccc(O)c(NNNC(=O)CO)c1)NC(=O)OC(C)(C)C)C(=O)O. The van der Waals surface area contributed by atoms with Crippen molar-refractivity contribution in [2.75, 3.05) is 12.0 Å². The topological polar surface area (TPSA) is 169 Å². The number of ether oxygens (including phenoxy) is 1. The standard InChI is InChI=1S/C19H30N4O7/c1-11(17(27)28)7-13(20-18(29)30-19(2,3)4)8-12-5-6-15(25)14(9-12)21-23-22-16(26)10-24/h5-6,9,11,13,21,23-25H,7-8,10H2,1-4H3,(H,20,29)(H,22,26)(H,27,28)/t11-,13+/m0/s1. The van der Waals surface area contributed by atoms with Crippen LogP contribution in [-0.4, -0.2) is 51.5 Å². The molecule has 0 heterocycles. The highest BCUT2D eigenvalue weighted by atomic mass is 16.6. The number of aromatic hydroxyl groups is 1. The molecule has 11 nitrogen and oxygen atoms in total. The zero-order valence-electron chi connectivity index (χ0n) is 17.5. The zero-order chi connectivity index (χ0) is 22.9. The van der Waals surface area contributed by atoms with Gasteiger partial charge in [0, 0.05) is 6.04 Å². The average molecular weight is 426 g/mol. The van der Waals surface area contributed by atoms with Gasteiger partial charge in [0.2, 0.25) is 0 Å². The highest BCUT2D eigenvalue weighted by molar-refractivity contribution is 5.76. The Morgan fingerprint density at radius 1 is 1.20 bits per heavy atom. The fourth-order valence-electron chi connectivity index (χ4n) is 2.50. The Hall–Kier alpha value is -3.05. The van der Waals surface area contributed by atoms with Gasteiger partial charge in [0.25, 0.3) is 5.91 Å². The number of nitrogens with one attached hydrogen (secondary N) is 4. The van der Waals surface area contributed by atoms with Gasteiger partial charge >= 0.3 is 12.1 Å². The Bertz CT molecular complexity index is 749. The summed E-state index contributed by atoms with van der Waals surface area (Å²) in [6.45, 7) is 6.01. The number of carbonyl (C=O) groups is 3. The van der Waals surface area contributed by atoms with Crippen LogP contribution in [0.15, 0.2) is 18.2 Å². The summed E-state index contributed by atoms with van der Waals surface area (Å²) in [5.74, 6) is -2.47. The average Bonchev–Trinajstić information content (AvgIpc) is 2.62. The number of aliphatic hydroxyl groups is 1. The van der Waals surface area contributed by atoms with Crippen LogP contribution in [0, 0.1) is 5.92 Å². The van der Waals surface area contributed by atoms with E-state index in [4.69, 9.17) is 9.84 Å². The summed E-state index contributed by atoms with van der Waals surface area (Å²) in [4.78, 5) is 34.4. The summed E-state index contributed by atoms with van der Waals surface area (Å²) >= 11 is 0. The minimum Gasteiger partial charge on any atom is -0.506 e. The Balaban J connectivity index is 2.90. The normalized spacial score (nSPS) is 13.1. The Labute approximate surface area is 174 Å². The summed E-state index contributed by atoms with van der Waals surface area (Å²) in [5.41, 5.74) is 7.28. The zero-order valence-corrected chi connectivity index (χ0v) is 17.5. The molecule has 0 aliphatic heterocycles. The summed E-state index contributed by atoms with van der Waals surface area (Å²) in [7, 11) is 0. The third kappa shape index (κ3) is 9.43. The lowest BCUT2D eigenvalue weighted by molar-refractivity contribution is -0.141. The molecule has 0 spiro atoms. The fraction of sp³-hybridized carbons (Fsp3) is 0.526. The lowest BCUT2D eigenvalue weighted by atomic mass is 9.96. The smallest absolute Gasteiger partial charge is 0.407 e. The van der Waals surface area contributed by atoms with E-state index in [-0.39, 0.29) is 24.3 Å². The number of hydrogen-bond donors (Lipinski definition) is 7.